The number of nitrogens with zero attached hydrogens (tertiary/aromatic N) is 3. The molecule has 0 aliphatic carbocycles. The van der Waals surface area contributed by atoms with Gasteiger partial charge < -0.3 is 4.42 Å². The van der Waals surface area contributed by atoms with E-state index in [-0.39, 0.29) is 0 Å². The molecule has 7 aromatic carbocycles. The molecule has 0 radical (unpaired) electrons. The molecule has 10 rings (SSSR count). The maximum atomic E-state index is 6.39. The Hall–Kier alpha value is -6.43. The van der Waals surface area contributed by atoms with Crippen LogP contribution in [-0.4, -0.2) is 15.0 Å². The maximum absolute atomic E-state index is 6.39. The van der Waals surface area contributed by atoms with Crippen molar-refractivity contribution in [3.05, 3.63) is 164 Å². The van der Waals surface area contributed by atoms with Crippen LogP contribution in [0.25, 0.3) is 98.5 Å². The highest BCUT2D eigenvalue weighted by Gasteiger charge is 2.19. The van der Waals surface area contributed by atoms with Crippen molar-refractivity contribution in [2.24, 2.45) is 0 Å². The van der Waals surface area contributed by atoms with E-state index in [1.165, 1.54) is 25.7 Å². The SMILES string of the molecule is c1ccc(-c2nc(-c3ccccc3)nc(-c3ccc(-c4cccc5sc6ccccc6c45)c(-c4ccc5c(c4)oc4ccccc45)c3)n2)cc1. The zero-order valence-corrected chi connectivity index (χ0v) is 27.6. The number of rotatable bonds is 5. The van der Waals surface area contributed by atoms with Gasteiger partial charge in [0.1, 0.15) is 11.2 Å². The summed E-state index contributed by atoms with van der Waals surface area (Å²) in [6, 6.07) is 56.9. The van der Waals surface area contributed by atoms with Crippen LogP contribution < -0.4 is 0 Å². The van der Waals surface area contributed by atoms with Gasteiger partial charge in [0.25, 0.3) is 0 Å². The van der Waals surface area contributed by atoms with E-state index in [0.717, 1.165) is 55.3 Å². The molecule has 0 unspecified atom stereocenters. The van der Waals surface area contributed by atoms with Crippen LogP contribution in [0.2, 0.25) is 0 Å². The molecule has 0 spiro atoms. The normalized spacial score (nSPS) is 11.6. The first-order chi connectivity index (χ1) is 24.8. The van der Waals surface area contributed by atoms with E-state index in [0.29, 0.717) is 17.5 Å². The molecule has 5 heteroatoms. The van der Waals surface area contributed by atoms with Crippen LogP contribution >= 0.6 is 11.3 Å². The van der Waals surface area contributed by atoms with E-state index < -0.39 is 0 Å². The number of thiophene rings is 1. The molecule has 234 valence electrons. The average Bonchev–Trinajstić information content (AvgIpc) is 3.76. The van der Waals surface area contributed by atoms with Gasteiger partial charge in [0, 0.05) is 47.6 Å². The maximum Gasteiger partial charge on any atom is 0.164 e. The lowest BCUT2D eigenvalue weighted by Gasteiger charge is -2.15. The summed E-state index contributed by atoms with van der Waals surface area (Å²) in [5.74, 6) is 1.89. The summed E-state index contributed by atoms with van der Waals surface area (Å²) in [7, 11) is 0. The fraction of sp³-hybridized carbons (Fsp3) is 0. The average molecular weight is 658 g/mol. The van der Waals surface area contributed by atoms with Crippen molar-refractivity contribution in [2.45, 2.75) is 0 Å². The van der Waals surface area contributed by atoms with Gasteiger partial charge in [0.2, 0.25) is 0 Å². The molecular weight excluding hydrogens is 631 g/mol. The molecule has 3 heterocycles. The second-order valence-corrected chi connectivity index (χ2v) is 13.5. The lowest BCUT2D eigenvalue weighted by Crippen LogP contribution is -2.00. The summed E-state index contributed by atoms with van der Waals surface area (Å²) >= 11 is 1.83. The Morgan fingerprint density at radius 2 is 0.960 bits per heavy atom. The fourth-order valence-electron chi connectivity index (χ4n) is 6.99. The highest BCUT2D eigenvalue weighted by atomic mass is 32.1. The van der Waals surface area contributed by atoms with Crippen LogP contribution in [0, 0.1) is 0 Å². The highest BCUT2D eigenvalue weighted by Crippen LogP contribution is 2.44. The minimum atomic E-state index is 0.620. The van der Waals surface area contributed by atoms with Crippen molar-refractivity contribution in [3.8, 4) is 56.4 Å². The fourth-order valence-corrected chi connectivity index (χ4v) is 8.12. The largest absolute Gasteiger partial charge is 0.456 e. The number of hydrogen-bond donors (Lipinski definition) is 0. The molecule has 3 aromatic heterocycles. The molecule has 0 fully saturated rings. The number of hydrogen-bond acceptors (Lipinski definition) is 5. The third kappa shape index (κ3) is 4.79. The van der Waals surface area contributed by atoms with Gasteiger partial charge in [-0.2, -0.15) is 0 Å². The first-order valence-corrected chi connectivity index (χ1v) is 17.4. The molecule has 0 aliphatic heterocycles. The molecule has 0 amide bonds. The van der Waals surface area contributed by atoms with Gasteiger partial charge in [0.05, 0.1) is 0 Å². The second kappa shape index (κ2) is 11.6. The van der Waals surface area contributed by atoms with Gasteiger partial charge in [-0.25, -0.2) is 15.0 Å². The molecule has 0 saturated heterocycles. The molecule has 0 saturated carbocycles. The van der Waals surface area contributed by atoms with Gasteiger partial charge in [0.15, 0.2) is 17.5 Å². The number of aromatic nitrogens is 3. The van der Waals surface area contributed by atoms with Gasteiger partial charge >= 0.3 is 0 Å². The number of fused-ring (bicyclic) bond motifs is 6. The monoisotopic (exact) mass is 657 g/mol. The molecule has 10 aromatic rings. The van der Waals surface area contributed by atoms with Gasteiger partial charge in [-0.05, 0) is 58.7 Å². The van der Waals surface area contributed by atoms with Gasteiger partial charge in [-0.3, -0.25) is 0 Å². The van der Waals surface area contributed by atoms with Crippen molar-refractivity contribution >= 4 is 53.4 Å². The smallest absolute Gasteiger partial charge is 0.164 e. The standard InChI is InChI=1S/C45H27N3OS/c1-3-12-28(13-4-1)43-46-44(29-14-5-2-6-15-29)48-45(47-43)31-23-24-32(35-18-11-21-41-42(35)36-17-8-10-20-40(36)50-41)37(26-31)30-22-25-34-33-16-7-9-19-38(33)49-39(34)27-30/h1-27H. The first-order valence-electron chi connectivity index (χ1n) is 16.6. The van der Waals surface area contributed by atoms with Crippen molar-refractivity contribution in [1.29, 1.82) is 0 Å². The second-order valence-electron chi connectivity index (χ2n) is 12.4. The molecular formula is C45H27N3OS. The van der Waals surface area contributed by atoms with E-state index in [1.807, 2.05) is 84.1 Å². The lowest BCUT2D eigenvalue weighted by atomic mass is 9.90. The summed E-state index contributed by atoms with van der Waals surface area (Å²) in [4.78, 5) is 15.0. The van der Waals surface area contributed by atoms with Crippen molar-refractivity contribution in [2.75, 3.05) is 0 Å². The van der Waals surface area contributed by atoms with Crippen LogP contribution in [0.15, 0.2) is 168 Å². The molecule has 50 heavy (non-hydrogen) atoms. The topological polar surface area (TPSA) is 51.8 Å². The third-order valence-corrected chi connectivity index (χ3v) is 10.5. The van der Waals surface area contributed by atoms with Crippen LogP contribution in [0.3, 0.4) is 0 Å². The zero-order valence-electron chi connectivity index (χ0n) is 26.7. The number of furan rings is 1. The Morgan fingerprint density at radius 3 is 1.72 bits per heavy atom. The minimum Gasteiger partial charge on any atom is -0.456 e. The Labute approximate surface area is 292 Å². The minimum absolute atomic E-state index is 0.620. The molecule has 0 N–H and O–H groups in total. The van der Waals surface area contributed by atoms with Gasteiger partial charge in [-0.1, -0.05) is 127 Å². The van der Waals surface area contributed by atoms with Crippen molar-refractivity contribution in [1.82, 2.24) is 15.0 Å². The highest BCUT2D eigenvalue weighted by molar-refractivity contribution is 7.25. The predicted molar refractivity (Wildman–Crippen MR) is 207 cm³/mol. The summed E-state index contributed by atoms with van der Waals surface area (Å²) < 4.78 is 8.94. The molecule has 0 atom stereocenters. The van der Waals surface area contributed by atoms with E-state index in [4.69, 9.17) is 19.4 Å². The Kier molecular flexibility index (Phi) is 6.64. The van der Waals surface area contributed by atoms with E-state index in [9.17, 15) is 0 Å². The molecule has 0 aliphatic rings. The van der Waals surface area contributed by atoms with Crippen molar-refractivity contribution in [3.63, 3.8) is 0 Å². The van der Waals surface area contributed by atoms with Crippen LogP contribution in [0.5, 0.6) is 0 Å². The molecule has 0 bridgehead atoms. The molecule has 4 nitrogen and oxygen atoms in total. The van der Waals surface area contributed by atoms with Gasteiger partial charge in [-0.15, -0.1) is 11.3 Å². The number of para-hydroxylation sites is 1. The quantitative estimate of drug-likeness (QED) is 0.185. The summed E-state index contributed by atoms with van der Waals surface area (Å²) in [6.07, 6.45) is 0. The summed E-state index contributed by atoms with van der Waals surface area (Å²) in [5.41, 5.74) is 9.00. The van der Waals surface area contributed by atoms with Crippen LogP contribution in [0.4, 0.5) is 0 Å². The van der Waals surface area contributed by atoms with E-state index >= 15 is 0 Å². The summed E-state index contributed by atoms with van der Waals surface area (Å²) in [6.45, 7) is 0. The first kappa shape index (κ1) is 28.6. The van der Waals surface area contributed by atoms with Crippen molar-refractivity contribution < 1.29 is 4.42 Å². The van der Waals surface area contributed by atoms with E-state index in [2.05, 4.69) is 91.0 Å². The van der Waals surface area contributed by atoms with Crippen LogP contribution in [-0.2, 0) is 0 Å². The van der Waals surface area contributed by atoms with E-state index in [1.54, 1.807) is 0 Å². The Balaban J connectivity index is 1.23. The lowest BCUT2D eigenvalue weighted by molar-refractivity contribution is 0.669. The van der Waals surface area contributed by atoms with Crippen LogP contribution in [0.1, 0.15) is 0 Å². The summed E-state index contributed by atoms with van der Waals surface area (Å²) in [5, 5.41) is 4.75. The Morgan fingerprint density at radius 1 is 0.360 bits per heavy atom. The third-order valence-electron chi connectivity index (χ3n) is 9.36. The number of benzene rings is 7. The Bertz CT molecular complexity index is 2820. The zero-order chi connectivity index (χ0) is 33.0. The predicted octanol–water partition coefficient (Wildman–Crippen LogP) is 12.5.